The van der Waals surface area contributed by atoms with Crippen LogP contribution in [0.3, 0.4) is 0 Å². The van der Waals surface area contributed by atoms with Crippen LogP contribution in [-0.2, 0) is 4.79 Å². The van der Waals surface area contributed by atoms with Crippen molar-refractivity contribution in [2.24, 2.45) is 0 Å². The van der Waals surface area contributed by atoms with Crippen LogP contribution in [0.2, 0.25) is 0 Å². The monoisotopic (exact) mass is 482 g/mol. The number of nitrogens with zero attached hydrogens (tertiary/aromatic N) is 2. The average molecular weight is 483 g/mol. The molecule has 0 saturated heterocycles. The Bertz CT molecular complexity index is 989. The summed E-state index contributed by atoms with van der Waals surface area (Å²) in [6.07, 6.45) is 17.5. The Kier molecular flexibility index (Phi) is 11.1. The van der Waals surface area contributed by atoms with Gasteiger partial charge in [0.1, 0.15) is 5.75 Å². The standard InChI is InChI=1S/C29H42N2O2S/c1-4-6-8-10-12-14-16-28(32)33-25-19-17-24(18-20-25)26-21-31-27(22-34-29(31)30-26)23(3)15-13-11-9-7-5-2/h17-23H,4-16H2,1-3H3. The molecule has 0 saturated carbocycles. The van der Waals surface area contributed by atoms with E-state index in [1.165, 1.54) is 69.9 Å². The fourth-order valence-corrected chi connectivity index (χ4v) is 5.42. The molecule has 34 heavy (non-hydrogen) atoms. The zero-order valence-corrected chi connectivity index (χ0v) is 22.2. The second-order valence-corrected chi connectivity index (χ2v) is 10.4. The SMILES string of the molecule is CCCCCCCCC(=O)Oc1ccc(-c2cn3c(C(C)CCCCCCC)csc3n2)cc1. The molecule has 0 N–H and O–H groups in total. The highest BCUT2D eigenvalue weighted by molar-refractivity contribution is 7.15. The minimum absolute atomic E-state index is 0.140. The molecular formula is C29H42N2O2S. The molecule has 2 aromatic heterocycles. The lowest BCUT2D eigenvalue weighted by Gasteiger charge is -2.10. The molecule has 0 radical (unpaired) electrons. The number of rotatable bonds is 16. The molecule has 0 aliphatic heterocycles. The topological polar surface area (TPSA) is 43.6 Å². The highest BCUT2D eigenvalue weighted by Crippen LogP contribution is 2.30. The van der Waals surface area contributed by atoms with Crippen molar-refractivity contribution < 1.29 is 9.53 Å². The van der Waals surface area contributed by atoms with Gasteiger partial charge in [-0.05, 0) is 43.0 Å². The molecule has 0 fully saturated rings. The van der Waals surface area contributed by atoms with E-state index in [0.29, 0.717) is 18.1 Å². The van der Waals surface area contributed by atoms with Crippen LogP contribution in [0.25, 0.3) is 16.2 Å². The number of thiazole rings is 1. The van der Waals surface area contributed by atoms with Gasteiger partial charge in [0.2, 0.25) is 0 Å². The number of esters is 1. The van der Waals surface area contributed by atoms with Crippen LogP contribution in [0.5, 0.6) is 5.75 Å². The van der Waals surface area contributed by atoms with Gasteiger partial charge in [-0.3, -0.25) is 9.20 Å². The van der Waals surface area contributed by atoms with E-state index in [0.717, 1.165) is 29.1 Å². The molecule has 5 heteroatoms. The van der Waals surface area contributed by atoms with Gasteiger partial charge in [-0.25, -0.2) is 4.98 Å². The van der Waals surface area contributed by atoms with Gasteiger partial charge < -0.3 is 4.74 Å². The fraction of sp³-hybridized carbons (Fsp3) is 0.586. The molecule has 0 spiro atoms. The summed E-state index contributed by atoms with van der Waals surface area (Å²) in [7, 11) is 0. The maximum Gasteiger partial charge on any atom is 0.311 e. The predicted molar refractivity (Wildman–Crippen MR) is 144 cm³/mol. The second kappa shape index (κ2) is 14.3. The van der Waals surface area contributed by atoms with Crippen LogP contribution >= 0.6 is 11.3 Å². The van der Waals surface area contributed by atoms with E-state index in [1.807, 2.05) is 24.3 Å². The quantitative estimate of drug-likeness (QED) is 0.116. The maximum atomic E-state index is 12.1. The third-order valence-corrected chi connectivity index (χ3v) is 7.46. The molecule has 0 aliphatic carbocycles. The van der Waals surface area contributed by atoms with Gasteiger partial charge >= 0.3 is 5.97 Å². The van der Waals surface area contributed by atoms with Gasteiger partial charge in [-0.15, -0.1) is 11.3 Å². The van der Waals surface area contributed by atoms with E-state index >= 15 is 0 Å². The van der Waals surface area contributed by atoms with Gasteiger partial charge in [-0.2, -0.15) is 0 Å². The average Bonchev–Trinajstić information content (AvgIpc) is 3.43. The number of hydrogen-bond donors (Lipinski definition) is 0. The summed E-state index contributed by atoms with van der Waals surface area (Å²) < 4.78 is 7.78. The first-order valence-electron chi connectivity index (χ1n) is 13.4. The highest BCUT2D eigenvalue weighted by Gasteiger charge is 2.15. The smallest absolute Gasteiger partial charge is 0.311 e. The summed E-state index contributed by atoms with van der Waals surface area (Å²) in [5.74, 6) is 1.00. The summed E-state index contributed by atoms with van der Waals surface area (Å²) >= 11 is 1.71. The first-order valence-corrected chi connectivity index (χ1v) is 14.3. The number of carbonyl (C=O) groups is 1. The van der Waals surface area contributed by atoms with Gasteiger partial charge in [0.05, 0.1) is 5.69 Å². The molecule has 3 rings (SSSR count). The fourth-order valence-electron chi connectivity index (χ4n) is 4.42. The number of carbonyl (C=O) groups excluding carboxylic acids is 1. The van der Waals surface area contributed by atoms with Crippen molar-refractivity contribution in [2.75, 3.05) is 0 Å². The van der Waals surface area contributed by atoms with E-state index in [2.05, 4.69) is 36.7 Å². The van der Waals surface area contributed by atoms with Crippen molar-refractivity contribution >= 4 is 22.3 Å². The van der Waals surface area contributed by atoms with E-state index in [9.17, 15) is 4.79 Å². The summed E-state index contributed by atoms with van der Waals surface area (Å²) in [4.78, 5) is 18.0. The molecular weight excluding hydrogens is 440 g/mol. The Morgan fingerprint density at radius 2 is 1.59 bits per heavy atom. The van der Waals surface area contributed by atoms with Crippen LogP contribution in [-0.4, -0.2) is 15.4 Å². The number of ether oxygens (including phenoxy) is 1. The van der Waals surface area contributed by atoms with Crippen LogP contribution < -0.4 is 4.74 Å². The molecule has 2 heterocycles. The van der Waals surface area contributed by atoms with E-state index in [-0.39, 0.29) is 5.97 Å². The van der Waals surface area contributed by atoms with Crippen LogP contribution in [0.1, 0.15) is 116 Å². The van der Waals surface area contributed by atoms with E-state index < -0.39 is 0 Å². The number of benzene rings is 1. The van der Waals surface area contributed by atoms with E-state index in [4.69, 9.17) is 9.72 Å². The van der Waals surface area contributed by atoms with Crippen molar-refractivity contribution in [3.63, 3.8) is 0 Å². The largest absolute Gasteiger partial charge is 0.427 e. The lowest BCUT2D eigenvalue weighted by atomic mass is 10.00. The Morgan fingerprint density at radius 3 is 2.29 bits per heavy atom. The molecule has 0 aliphatic rings. The molecule has 4 nitrogen and oxygen atoms in total. The highest BCUT2D eigenvalue weighted by atomic mass is 32.1. The Hall–Kier alpha value is -2.14. The van der Waals surface area contributed by atoms with Gasteiger partial charge in [-0.1, -0.05) is 85.0 Å². The maximum absolute atomic E-state index is 12.1. The molecule has 3 aromatic rings. The van der Waals surface area contributed by atoms with Gasteiger partial charge in [0.15, 0.2) is 4.96 Å². The first kappa shape index (κ1) is 26.5. The number of aromatic nitrogens is 2. The normalized spacial score (nSPS) is 12.3. The lowest BCUT2D eigenvalue weighted by Crippen LogP contribution is -2.07. The second-order valence-electron chi connectivity index (χ2n) is 9.56. The zero-order valence-electron chi connectivity index (χ0n) is 21.4. The van der Waals surface area contributed by atoms with E-state index in [1.54, 1.807) is 11.3 Å². The van der Waals surface area contributed by atoms with Crippen LogP contribution in [0.4, 0.5) is 0 Å². The Labute approximate surface area is 209 Å². The minimum atomic E-state index is -0.140. The third kappa shape index (κ3) is 7.97. The minimum Gasteiger partial charge on any atom is -0.427 e. The van der Waals surface area contributed by atoms with Gasteiger partial charge in [0, 0.05) is 29.3 Å². The molecule has 1 unspecified atom stereocenters. The molecule has 0 amide bonds. The Morgan fingerprint density at radius 1 is 0.941 bits per heavy atom. The van der Waals surface area contributed by atoms with Crippen molar-refractivity contribution in [1.29, 1.82) is 0 Å². The summed E-state index contributed by atoms with van der Waals surface area (Å²) in [6.45, 7) is 6.81. The summed E-state index contributed by atoms with van der Waals surface area (Å²) in [5, 5.41) is 2.26. The summed E-state index contributed by atoms with van der Waals surface area (Å²) in [6, 6.07) is 7.75. The Balaban J connectivity index is 1.51. The molecule has 1 atom stereocenters. The van der Waals surface area contributed by atoms with Crippen LogP contribution in [0, 0.1) is 0 Å². The number of imidazole rings is 1. The number of fused-ring (bicyclic) bond motifs is 1. The van der Waals surface area contributed by atoms with Crippen molar-refractivity contribution in [2.45, 2.75) is 110 Å². The predicted octanol–water partition coefficient (Wildman–Crippen LogP) is 9.18. The summed E-state index contributed by atoms with van der Waals surface area (Å²) in [5.41, 5.74) is 3.37. The first-order chi connectivity index (χ1) is 16.6. The van der Waals surface area contributed by atoms with Crippen molar-refractivity contribution in [1.82, 2.24) is 9.38 Å². The van der Waals surface area contributed by atoms with Crippen molar-refractivity contribution in [3.8, 4) is 17.0 Å². The zero-order chi connectivity index (χ0) is 24.2. The van der Waals surface area contributed by atoms with Crippen LogP contribution in [0.15, 0.2) is 35.8 Å². The lowest BCUT2D eigenvalue weighted by molar-refractivity contribution is -0.134. The number of unbranched alkanes of at least 4 members (excludes halogenated alkanes) is 9. The van der Waals surface area contributed by atoms with Crippen molar-refractivity contribution in [3.05, 3.63) is 41.5 Å². The number of hydrogen-bond acceptors (Lipinski definition) is 4. The third-order valence-electron chi connectivity index (χ3n) is 6.60. The molecule has 1 aromatic carbocycles. The molecule has 186 valence electrons. The van der Waals surface area contributed by atoms with Gasteiger partial charge in [0.25, 0.3) is 0 Å². The molecule has 0 bridgehead atoms.